The Morgan fingerprint density at radius 2 is 2.22 bits per heavy atom. The van der Waals surface area contributed by atoms with Gasteiger partial charge in [0.2, 0.25) is 0 Å². The van der Waals surface area contributed by atoms with Crippen molar-refractivity contribution in [2.45, 2.75) is 12.5 Å². The molecule has 2 heterocycles. The van der Waals surface area contributed by atoms with Gasteiger partial charge in [0.1, 0.15) is 11.8 Å². The SMILES string of the molecule is NCCc1nc(C(=O)N2CCOC(c3ccc(Cl)cc3)C2)cs1. The highest BCUT2D eigenvalue weighted by molar-refractivity contribution is 7.09. The first-order valence-electron chi connectivity index (χ1n) is 7.48. The van der Waals surface area contributed by atoms with Gasteiger partial charge in [0.15, 0.2) is 0 Å². The first-order chi connectivity index (χ1) is 11.2. The van der Waals surface area contributed by atoms with Crippen LogP contribution in [0.2, 0.25) is 5.02 Å². The molecule has 2 aromatic rings. The zero-order chi connectivity index (χ0) is 16.2. The molecule has 0 bridgehead atoms. The molecule has 23 heavy (non-hydrogen) atoms. The number of carbonyl (C=O) groups is 1. The van der Waals surface area contributed by atoms with Crippen LogP contribution >= 0.6 is 22.9 Å². The third kappa shape index (κ3) is 3.90. The second kappa shape index (κ2) is 7.40. The summed E-state index contributed by atoms with van der Waals surface area (Å²) in [5.74, 6) is -0.0493. The van der Waals surface area contributed by atoms with Crippen LogP contribution in [0, 0.1) is 0 Å². The fourth-order valence-corrected chi connectivity index (χ4v) is 3.44. The van der Waals surface area contributed by atoms with E-state index in [1.165, 1.54) is 11.3 Å². The molecule has 1 aromatic carbocycles. The first kappa shape index (κ1) is 16.4. The van der Waals surface area contributed by atoms with E-state index in [9.17, 15) is 4.79 Å². The average Bonchev–Trinajstić information content (AvgIpc) is 3.04. The number of hydrogen-bond acceptors (Lipinski definition) is 5. The third-order valence-corrected chi connectivity index (χ3v) is 4.89. The van der Waals surface area contributed by atoms with Gasteiger partial charge in [0, 0.05) is 23.4 Å². The van der Waals surface area contributed by atoms with Crippen LogP contribution in [0.4, 0.5) is 0 Å². The molecule has 1 saturated heterocycles. The maximum Gasteiger partial charge on any atom is 0.273 e. The van der Waals surface area contributed by atoms with Crippen molar-refractivity contribution < 1.29 is 9.53 Å². The first-order valence-corrected chi connectivity index (χ1v) is 8.74. The predicted octanol–water partition coefficient (Wildman–Crippen LogP) is 2.51. The average molecular weight is 352 g/mol. The topological polar surface area (TPSA) is 68.5 Å². The van der Waals surface area contributed by atoms with Gasteiger partial charge in [0.25, 0.3) is 5.91 Å². The lowest BCUT2D eigenvalue weighted by Crippen LogP contribution is -2.42. The predicted molar refractivity (Wildman–Crippen MR) is 90.9 cm³/mol. The van der Waals surface area contributed by atoms with Gasteiger partial charge in [-0.05, 0) is 24.2 Å². The van der Waals surface area contributed by atoms with Crippen LogP contribution in [0.1, 0.15) is 27.2 Å². The van der Waals surface area contributed by atoms with Crippen LogP contribution in [0.25, 0.3) is 0 Å². The lowest BCUT2D eigenvalue weighted by atomic mass is 10.1. The van der Waals surface area contributed by atoms with E-state index in [0.29, 0.717) is 43.4 Å². The lowest BCUT2D eigenvalue weighted by molar-refractivity contribution is -0.0229. The van der Waals surface area contributed by atoms with E-state index >= 15 is 0 Å². The summed E-state index contributed by atoms with van der Waals surface area (Å²) in [5.41, 5.74) is 7.05. The Kier molecular flexibility index (Phi) is 5.27. The Morgan fingerprint density at radius 1 is 1.43 bits per heavy atom. The number of hydrogen-bond donors (Lipinski definition) is 1. The standard InChI is InChI=1S/C16H18ClN3O2S/c17-12-3-1-11(2-4-12)14-9-20(7-8-22-14)16(21)13-10-23-15(19-13)5-6-18/h1-4,10,14H,5-9,18H2. The van der Waals surface area contributed by atoms with Crippen LogP contribution in [0.5, 0.6) is 0 Å². The van der Waals surface area contributed by atoms with Crippen molar-refractivity contribution in [3.63, 3.8) is 0 Å². The fraction of sp³-hybridized carbons (Fsp3) is 0.375. The minimum Gasteiger partial charge on any atom is -0.370 e. The van der Waals surface area contributed by atoms with Gasteiger partial charge in [-0.15, -0.1) is 11.3 Å². The highest BCUT2D eigenvalue weighted by Crippen LogP contribution is 2.25. The van der Waals surface area contributed by atoms with Crippen LogP contribution in [-0.2, 0) is 11.2 Å². The minimum atomic E-state index is -0.132. The smallest absolute Gasteiger partial charge is 0.273 e. The van der Waals surface area contributed by atoms with E-state index in [2.05, 4.69) is 4.98 Å². The van der Waals surface area contributed by atoms with E-state index in [0.717, 1.165) is 10.6 Å². The van der Waals surface area contributed by atoms with Crippen molar-refractivity contribution in [1.29, 1.82) is 0 Å². The zero-order valence-corrected chi connectivity index (χ0v) is 14.1. The molecular formula is C16H18ClN3O2S. The van der Waals surface area contributed by atoms with Gasteiger partial charge in [-0.25, -0.2) is 4.98 Å². The van der Waals surface area contributed by atoms with Crippen LogP contribution < -0.4 is 5.73 Å². The molecule has 122 valence electrons. The second-order valence-electron chi connectivity index (χ2n) is 5.33. The van der Waals surface area contributed by atoms with E-state index in [1.807, 2.05) is 24.3 Å². The van der Waals surface area contributed by atoms with E-state index in [1.54, 1.807) is 10.3 Å². The molecule has 7 heteroatoms. The normalized spacial score (nSPS) is 18.2. The molecule has 0 aliphatic carbocycles. The second-order valence-corrected chi connectivity index (χ2v) is 6.71. The highest BCUT2D eigenvalue weighted by atomic mass is 35.5. The number of rotatable bonds is 4. The van der Waals surface area contributed by atoms with Crippen LogP contribution in [0.3, 0.4) is 0 Å². The van der Waals surface area contributed by atoms with Crippen molar-refractivity contribution in [2.75, 3.05) is 26.2 Å². The van der Waals surface area contributed by atoms with Gasteiger partial charge in [0.05, 0.1) is 18.2 Å². The minimum absolute atomic E-state index is 0.0493. The number of aromatic nitrogens is 1. The third-order valence-electron chi connectivity index (χ3n) is 3.72. The Balaban J connectivity index is 1.69. The Hall–Kier alpha value is -1.47. The number of nitrogens with two attached hydrogens (primary N) is 1. The molecule has 1 amide bonds. The van der Waals surface area contributed by atoms with Crippen molar-refractivity contribution in [3.05, 3.63) is 50.9 Å². The number of nitrogens with zero attached hydrogens (tertiary/aromatic N) is 2. The van der Waals surface area contributed by atoms with E-state index in [-0.39, 0.29) is 12.0 Å². The number of morpholine rings is 1. The summed E-state index contributed by atoms with van der Waals surface area (Å²) in [6.45, 7) is 2.15. The molecule has 1 fully saturated rings. The highest BCUT2D eigenvalue weighted by Gasteiger charge is 2.27. The summed E-state index contributed by atoms with van der Waals surface area (Å²) in [7, 11) is 0. The lowest BCUT2D eigenvalue weighted by Gasteiger charge is -2.32. The van der Waals surface area contributed by atoms with Gasteiger partial charge in [-0.2, -0.15) is 0 Å². The van der Waals surface area contributed by atoms with Crippen LogP contribution in [0.15, 0.2) is 29.6 Å². The molecule has 1 aliphatic rings. The number of thiazole rings is 1. The molecule has 1 aliphatic heterocycles. The summed E-state index contributed by atoms with van der Waals surface area (Å²) in [6.07, 6.45) is 0.571. The van der Waals surface area contributed by atoms with E-state index in [4.69, 9.17) is 22.1 Å². The molecule has 5 nitrogen and oxygen atoms in total. The summed E-state index contributed by atoms with van der Waals surface area (Å²) in [5, 5.41) is 3.39. The maximum absolute atomic E-state index is 12.6. The molecule has 1 atom stereocenters. The van der Waals surface area contributed by atoms with Crippen molar-refractivity contribution in [2.24, 2.45) is 5.73 Å². The molecular weight excluding hydrogens is 334 g/mol. The van der Waals surface area contributed by atoms with Crippen molar-refractivity contribution >= 4 is 28.8 Å². The Morgan fingerprint density at radius 3 is 2.96 bits per heavy atom. The summed E-state index contributed by atoms with van der Waals surface area (Å²) in [4.78, 5) is 18.8. The summed E-state index contributed by atoms with van der Waals surface area (Å²) < 4.78 is 5.79. The number of amides is 1. The zero-order valence-electron chi connectivity index (χ0n) is 12.6. The number of carbonyl (C=O) groups excluding carboxylic acids is 1. The summed E-state index contributed by atoms with van der Waals surface area (Å²) in [6, 6.07) is 7.54. The summed E-state index contributed by atoms with van der Waals surface area (Å²) >= 11 is 7.40. The van der Waals surface area contributed by atoms with Gasteiger partial charge in [-0.1, -0.05) is 23.7 Å². The molecule has 3 rings (SSSR count). The largest absolute Gasteiger partial charge is 0.370 e. The van der Waals surface area contributed by atoms with Gasteiger partial charge >= 0.3 is 0 Å². The maximum atomic E-state index is 12.6. The number of benzene rings is 1. The quantitative estimate of drug-likeness (QED) is 0.919. The molecule has 2 N–H and O–H groups in total. The molecule has 0 spiro atoms. The Bertz CT molecular complexity index is 674. The van der Waals surface area contributed by atoms with E-state index < -0.39 is 0 Å². The van der Waals surface area contributed by atoms with Crippen molar-refractivity contribution in [1.82, 2.24) is 9.88 Å². The monoisotopic (exact) mass is 351 g/mol. The van der Waals surface area contributed by atoms with Gasteiger partial charge in [-0.3, -0.25) is 4.79 Å². The molecule has 1 aromatic heterocycles. The molecule has 0 radical (unpaired) electrons. The fourth-order valence-electron chi connectivity index (χ4n) is 2.52. The number of halogens is 1. The van der Waals surface area contributed by atoms with Crippen LogP contribution in [-0.4, -0.2) is 42.0 Å². The van der Waals surface area contributed by atoms with Crippen molar-refractivity contribution in [3.8, 4) is 0 Å². The van der Waals surface area contributed by atoms with Gasteiger partial charge < -0.3 is 15.4 Å². The molecule has 1 unspecified atom stereocenters. The molecule has 0 saturated carbocycles. The Labute approximate surface area is 144 Å². The number of ether oxygens (including phenoxy) is 1.